The number of aliphatic carboxylic acids is 1. The first-order valence-electron chi connectivity index (χ1n) is 5.70. The minimum absolute atomic E-state index is 0.00459. The number of amides is 1. The first kappa shape index (κ1) is 11.4. The summed E-state index contributed by atoms with van der Waals surface area (Å²) in [6, 6.07) is -0.369. The summed E-state index contributed by atoms with van der Waals surface area (Å²) < 4.78 is 5.09. The number of carboxylic acids is 1. The molecule has 0 aromatic rings. The third kappa shape index (κ3) is 2.35. The predicted octanol–water partition coefficient (Wildman–Crippen LogP) is 0.248. The summed E-state index contributed by atoms with van der Waals surface area (Å²) in [5.41, 5.74) is 0. The Bertz CT molecular complexity index is 300. The SMILES string of the molecule is CC(C(=O)NC1COCC1C(=O)O)C1CC1. The lowest BCUT2D eigenvalue weighted by Gasteiger charge is -2.18. The second-order valence-corrected chi connectivity index (χ2v) is 4.72. The van der Waals surface area contributed by atoms with Crippen molar-refractivity contribution in [2.24, 2.45) is 17.8 Å². The van der Waals surface area contributed by atoms with Crippen LogP contribution in [-0.4, -0.2) is 36.2 Å². The van der Waals surface area contributed by atoms with Gasteiger partial charge < -0.3 is 15.2 Å². The molecule has 3 atom stereocenters. The van der Waals surface area contributed by atoms with E-state index in [0.29, 0.717) is 12.5 Å². The molecule has 2 aliphatic rings. The Balaban J connectivity index is 1.88. The third-order valence-electron chi connectivity index (χ3n) is 3.47. The van der Waals surface area contributed by atoms with E-state index in [1.54, 1.807) is 0 Å². The van der Waals surface area contributed by atoms with E-state index in [9.17, 15) is 9.59 Å². The van der Waals surface area contributed by atoms with E-state index in [-0.39, 0.29) is 24.5 Å². The standard InChI is InChI=1S/C11H17NO4/c1-6(7-2-3-7)10(13)12-9-5-16-4-8(9)11(14)15/h6-9H,2-5H2,1H3,(H,12,13)(H,14,15). The van der Waals surface area contributed by atoms with Gasteiger partial charge in [0.05, 0.1) is 19.3 Å². The average Bonchev–Trinajstić information content (AvgIpc) is 2.97. The number of nitrogens with one attached hydrogen (secondary N) is 1. The van der Waals surface area contributed by atoms with E-state index < -0.39 is 11.9 Å². The van der Waals surface area contributed by atoms with Gasteiger partial charge in [0.2, 0.25) is 5.91 Å². The van der Waals surface area contributed by atoms with Crippen LogP contribution in [0.4, 0.5) is 0 Å². The van der Waals surface area contributed by atoms with E-state index in [2.05, 4.69) is 5.32 Å². The molecule has 1 saturated carbocycles. The Kier molecular flexibility index (Phi) is 3.14. The summed E-state index contributed by atoms with van der Waals surface area (Å²) in [5.74, 6) is -1.05. The van der Waals surface area contributed by atoms with Crippen molar-refractivity contribution in [2.45, 2.75) is 25.8 Å². The molecule has 16 heavy (non-hydrogen) atoms. The smallest absolute Gasteiger partial charge is 0.311 e. The summed E-state index contributed by atoms with van der Waals surface area (Å²) in [5, 5.41) is 11.7. The van der Waals surface area contributed by atoms with Gasteiger partial charge in [-0.15, -0.1) is 0 Å². The largest absolute Gasteiger partial charge is 0.481 e. The second-order valence-electron chi connectivity index (χ2n) is 4.72. The van der Waals surface area contributed by atoms with Crippen molar-refractivity contribution in [1.29, 1.82) is 0 Å². The van der Waals surface area contributed by atoms with Crippen LogP contribution in [0.5, 0.6) is 0 Å². The molecule has 2 rings (SSSR count). The lowest BCUT2D eigenvalue weighted by Crippen LogP contribution is -2.45. The fourth-order valence-corrected chi connectivity index (χ4v) is 2.06. The zero-order valence-electron chi connectivity index (χ0n) is 9.31. The number of carboxylic acid groups (broad SMARTS) is 1. The van der Waals surface area contributed by atoms with Gasteiger partial charge >= 0.3 is 5.97 Å². The minimum atomic E-state index is -0.901. The molecule has 1 aliphatic carbocycles. The zero-order valence-corrected chi connectivity index (χ0v) is 9.31. The molecule has 5 heteroatoms. The molecule has 1 saturated heterocycles. The number of hydrogen-bond donors (Lipinski definition) is 2. The lowest BCUT2D eigenvalue weighted by atomic mass is 10.0. The normalized spacial score (nSPS) is 31.1. The molecular formula is C11H17NO4. The summed E-state index contributed by atoms with van der Waals surface area (Å²) >= 11 is 0. The van der Waals surface area contributed by atoms with Gasteiger partial charge in [0, 0.05) is 5.92 Å². The number of carbonyl (C=O) groups excluding carboxylic acids is 1. The second kappa shape index (κ2) is 4.41. The highest BCUT2D eigenvalue weighted by atomic mass is 16.5. The number of carbonyl (C=O) groups is 2. The monoisotopic (exact) mass is 227 g/mol. The molecule has 1 aliphatic heterocycles. The number of hydrogen-bond acceptors (Lipinski definition) is 3. The van der Waals surface area contributed by atoms with Crippen molar-refractivity contribution in [3.05, 3.63) is 0 Å². The topological polar surface area (TPSA) is 75.6 Å². The Morgan fingerprint density at radius 3 is 2.62 bits per heavy atom. The number of rotatable bonds is 4. The van der Waals surface area contributed by atoms with Gasteiger partial charge in [0.15, 0.2) is 0 Å². The highest BCUT2D eigenvalue weighted by Crippen LogP contribution is 2.36. The highest BCUT2D eigenvalue weighted by molar-refractivity contribution is 5.80. The van der Waals surface area contributed by atoms with Crippen LogP contribution in [0.3, 0.4) is 0 Å². The van der Waals surface area contributed by atoms with Gasteiger partial charge in [-0.1, -0.05) is 6.92 Å². The fourth-order valence-electron chi connectivity index (χ4n) is 2.06. The van der Waals surface area contributed by atoms with Crippen molar-refractivity contribution >= 4 is 11.9 Å². The van der Waals surface area contributed by atoms with Crippen molar-refractivity contribution in [2.75, 3.05) is 13.2 Å². The molecule has 0 radical (unpaired) electrons. The van der Waals surface area contributed by atoms with Crippen LogP contribution in [0.25, 0.3) is 0 Å². The van der Waals surface area contributed by atoms with Crippen LogP contribution in [0, 0.1) is 17.8 Å². The van der Waals surface area contributed by atoms with Crippen molar-refractivity contribution < 1.29 is 19.4 Å². The van der Waals surface area contributed by atoms with Gasteiger partial charge in [-0.3, -0.25) is 9.59 Å². The molecule has 0 aromatic carbocycles. The maximum absolute atomic E-state index is 11.8. The van der Waals surface area contributed by atoms with Gasteiger partial charge in [0.25, 0.3) is 0 Å². The molecule has 1 heterocycles. The Morgan fingerprint density at radius 1 is 1.38 bits per heavy atom. The van der Waals surface area contributed by atoms with E-state index in [1.165, 1.54) is 0 Å². The van der Waals surface area contributed by atoms with E-state index in [4.69, 9.17) is 9.84 Å². The van der Waals surface area contributed by atoms with E-state index in [1.807, 2.05) is 6.92 Å². The third-order valence-corrected chi connectivity index (χ3v) is 3.47. The molecule has 2 N–H and O–H groups in total. The summed E-state index contributed by atoms with van der Waals surface area (Å²) in [6.07, 6.45) is 2.22. The van der Waals surface area contributed by atoms with Crippen LogP contribution in [-0.2, 0) is 14.3 Å². The molecular weight excluding hydrogens is 210 g/mol. The Morgan fingerprint density at radius 2 is 2.06 bits per heavy atom. The predicted molar refractivity (Wildman–Crippen MR) is 55.8 cm³/mol. The molecule has 0 aromatic heterocycles. The Labute approximate surface area is 94.2 Å². The molecule has 90 valence electrons. The average molecular weight is 227 g/mol. The van der Waals surface area contributed by atoms with Gasteiger partial charge in [-0.05, 0) is 18.8 Å². The maximum Gasteiger partial charge on any atom is 0.311 e. The number of ether oxygens (including phenoxy) is 1. The van der Waals surface area contributed by atoms with E-state index in [0.717, 1.165) is 12.8 Å². The van der Waals surface area contributed by atoms with E-state index >= 15 is 0 Å². The van der Waals surface area contributed by atoms with Crippen LogP contribution in [0.1, 0.15) is 19.8 Å². The van der Waals surface area contributed by atoms with Crippen molar-refractivity contribution in [3.63, 3.8) is 0 Å². The van der Waals surface area contributed by atoms with Crippen LogP contribution >= 0.6 is 0 Å². The van der Waals surface area contributed by atoms with Crippen molar-refractivity contribution in [3.8, 4) is 0 Å². The minimum Gasteiger partial charge on any atom is -0.481 e. The van der Waals surface area contributed by atoms with Gasteiger partial charge in [-0.25, -0.2) is 0 Å². The quantitative estimate of drug-likeness (QED) is 0.721. The van der Waals surface area contributed by atoms with Crippen LogP contribution < -0.4 is 5.32 Å². The zero-order chi connectivity index (χ0) is 11.7. The summed E-state index contributed by atoms with van der Waals surface area (Å²) in [6.45, 7) is 2.40. The molecule has 2 fully saturated rings. The first-order valence-corrected chi connectivity index (χ1v) is 5.70. The summed E-state index contributed by atoms with van der Waals surface area (Å²) in [7, 11) is 0. The highest BCUT2D eigenvalue weighted by Gasteiger charge is 2.38. The maximum atomic E-state index is 11.8. The van der Waals surface area contributed by atoms with Crippen LogP contribution in [0.2, 0.25) is 0 Å². The molecule has 5 nitrogen and oxygen atoms in total. The molecule has 1 amide bonds. The Hall–Kier alpha value is -1.10. The molecule has 0 bridgehead atoms. The molecule has 0 spiro atoms. The van der Waals surface area contributed by atoms with Gasteiger partial charge in [0.1, 0.15) is 5.92 Å². The summed E-state index contributed by atoms with van der Waals surface area (Å²) in [4.78, 5) is 22.7. The van der Waals surface area contributed by atoms with Crippen LogP contribution in [0.15, 0.2) is 0 Å². The van der Waals surface area contributed by atoms with Crippen molar-refractivity contribution in [1.82, 2.24) is 5.32 Å². The fraction of sp³-hybridized carbons (Fsp3) is 0.818. The lowest BCUT2D eigenvalue weighted by molar-refractivity contribution is -0.142. The first-order chi connectivity index (χ1) is 7.59. The van der Waals surface area contributed by atoms with Gasteiger partial charge in [-0.2, -0.15) is 0 Å². The molecule has 3 unspecified atom stereocenters.